The maximum Gasteiger partial charge on any atom is 0.277 e. The van der Waals surface area contributed by atoms with Crippen molar-refractivity contribution in [3.05, 3.63) is 28.2 Å². The van der Waals surface area contributed by atoms with Crippen LogP contribution < -0.4 is 5.11 Å². The molecule has 0 saturated heterocycles. The molecule has 0 aliphatic carbocycles. The zero-order chi connectivity index (χ0) is 14.0. The Morgan fingerprint density at radius 1 is 1.42 bits per heavy atom. The van der Waals surface area contributed by atoms with Gasteiger partial charge in [0, 0.05) is 5.02 Å². The normalized spacial score (nSPS) is 12.4. The fraction of sp³-hybridized carbons (Fsp3) is 0.182. The van der Waals surface area contributed by atoms with Crippen molar-refractivity contribution in [2.24, 2.45) is 0 Å². The summed E-state index contributed by atoms with van der Waals surface area (Å²) < 4.78 is 5.33. The van der Waals surface area contributed by atoms with Crippen molar-refractivity contribution in [2.45, 2.75) is 17.4 Å². The third kappa shape index (κ3) is 3.40. The van der Waals surface area contributed by atoms with Gasteiger partial charge in [-0.05, 0) is 25.1 Å². The molecule has 0 saturated carbocycles. The van der Waals surface area contributed by atoms with Gasteiger partial charge in [-0.15, -0.1) is 10.2 Å². The molecule has 19 heavy (non-hydrogen) atoms. The lowest BCUT2D eigenvalue weighted by Crippen LogP contribution is -2.31. The number of carbonyl (C=O) groups is 1. The van der Waals surface area contributed by atoms with Gasteiger partial charge in [-0.1, -0.05) is 35.0 Å². The highest BCUT2D eigenvalue weighted by molar-refractivity contribution is 8.00. The van der Waals surface area contributed by atoms with E-state index in [0.29, 0.717) is 15.6 Å². The second-order valence-electron chi connectivity index (χ2n) is 3.58. The molecule has 0 amide bonds. The van der Waals surface area contributed by atoms with Crippen LogP contribution in [0.3, 0.4) is 0 Å². The van der Waals surface area contributed by atoms with Crippen LogP contribution in [0.4, 0.5) is 0 Å². The van der Waals surface area contributed by atoms with Gasteiger partial charge in [-0.25, -0.2) is 0 Å². The van der Waals surface area contributed by atoms with Gasteiger partial charge in [0.15, 0.2) is 0 Å². The molecule has 0 spiro atoms. The van der Waals surface area contributed by atoms with Crippen molar-refractivity contribution in [3.63, 3.8) is 0 Å². The average Bonchev–Trinajstić information content (AvgIpc) is 2.77. The Kier molecular flexibility index (Phi) is 4.34. The summed E-state index contributed by atoms with van der Waals surface area (Å²) in [6.07, 6.45) is 0. The van der Waals surface area contributed by atoms with Gasteiger partial charge in [0.05, 0.1) is 21.8 Å². The second-order valence-corrected chi connectivity index (χ2v) is 5.71. The summed E-state index contributed by atoms with van der Waals surface area (Å²) >= 11 is 12.7. The maximum atomic E-state index is 10.6. The fourth-order valence-corrected chi connectivity index (χ4v) is 2.33. The summed E-state index contributed by atoms with van der Waals surface area (Å²) in [5.41, 5.74) is 0.534. The molecular formula is C11H7Cl2N2O3S-. The molecule has 0 aliphatic heterocycles. The van der Waals surface area contributed by atoms with E-state index in [9.17, 15) is 9.90 Å². The van der Waals surface area contributed by atoms with Crippen molar-refractivity contribution in [3.8, 4) is 11.5 Å². The minimum atomic E-state index is -1.20. The molecule has 0 unspecified atom stereocenters. The topological polar surface area (TPSA) is 79.0 Å². The lowest BCUT2D eigenvalue weighted by molar-refractivity contribution is -0.304. The molecule has 0 aliphatic rings. The molecule has 0 N–H and O–H groups in total. The smallest absolute Gasteiger partial charge is 0.277 e. The molecular weight excluding hydrogens is 311 g/mol. The molecule has 1 atom stereocenters. The number of carboxylic acids is 1. The quantitative estimate of drug-likeness (QED) is 0.805. The van der Waals surface area contributed by atoms with Crippen molar-refractivity contribution in [1.82, 2.24) is 10.2 Å². The van der Waals surface area contributed by atoms with E-state index >= 15 is 0 Å². The number of carboxylic acid groups (broad SMARTS) is 1. The lowest BCUT2D eigenvalue weighted by atomic mass is 10.2. The van der Waals surface area contributed by atoms with Crippen molar-refractivity contribution >= 4 is 40.9 Å². The van der Waals surface area contributed by atoms with Crippen LogP contribution in [0.1, 0.15) is 6.92 Å². The van der Waals surface area contributed by atoms with Gasteiger partial charge in [0.25, 0.3) is 5.22 Å². The Bertz CT molecular complexity index is 618. The number of carbonyl (C=O) groups excluding carboxylic acids is 1. The van der Waals surface area contributed by atoms with Crippen LogP contribution in [0.5, 0.6) is 0 Å². The molecule has 1 heterocycles. The summed E-state index contributed by atoms with van der Waals surface area (Å²) in [5, 5.41) is 18.4. The van der Waals surface area contributed by atoms with Crippen LogP contribution >= 0.6 is 35.0 Å². The number of aliphatic carboxylic acids is 1. The predicted molar refractivity (Wildman–Crippen MR) is 70.1 cm³/mol. The van der Waals surface area contributed by atoms with E-state index < -0.39 is 11.2 Å². The molecule has 5 nitrogen and oxygen atoms in total. The predicted octanol–water partition coefficient (Wildman–Crippen LogP) is 2.27. The first-order valence-corrected chi connectivity index (χ1v) is 6.77. The van der Waals surface area contributed by atoms with E-state index in [1.807, 2.05) is 0 Å². The first kappa shape index (κ1) is 14.2. The number of thioether (sulfide) groups is 1. The molecule has 2 aromatic rings. The van der Waals surface area contributed by atoms with Gasteiger partial charge >= 0.3 is 0 Å². The van der Waals surface area contributed by atoms with Crippen molar-refractivity contribution in [1.29, 1.82) is 0 Å². The number of nitrogens with zero attached hydrogens (tertiary/aromatic N) is 2. The minimum Gasteiger partial charge on any atom is -0.549 e. The van der Waals surface area contributed by atoms with E-state index in [1.54, 1.807) is 18.2 Å². The van der Waals surface area contributed by atoms with E-state index in [-0.39, 0.29) is 11.1 Å². The number of benzene rings is 1. The zero-order valence-corrected chi connectivity index (χ0v) is 11.9. The first-order valence-electron chi connectivity index (χ1n) is 5.14. The minimum absolute atomic E-state index is 0.137. The molecule has 2 rings (SSSR count). The third-order valence-corrected chi connectivity index (χ3v) is 3.64. The van der Waals surface area contributed by atoms with Gasteiger partial charge in [0.1, 0.15) is 0 Å². The molecule has 8 heteroatoms. The van der Waals surface area contributed by atoms with Gasteiger partial charge in [0.2, 0.25) is 5.89 Å². The lowest BCUT2D eigenvalue weighted by Gasteiger charge is -2.07. The zero-order valence-electron chi connectivity index (χ0n) is 9.59. The Morgan fingerprint density at radius 3 is 2.79 bits per heavy atom. The monoisotopic (exact) mass is 317 g/mol. The highest BCUT2D eigenvalue weighted by atomic mass is 35.5. The Morgan fingerprint density at radius 2 is 2.16 bits per heavy atom. The van der Waals surface area contributed by atoms with Gasteiger partial charge in [-0.2, -0.15) is 0 Å². The first-order chi connectivity index (χ1) is 8.97. The van der Waals surface area contributed by atoms with E-state index in [0.717, 1.165) is 11.8 Å². The summed E-state index contributed by atoms with van der Waals surface area (Å²) in [4.78, 5) is 10.6. The van der Waals surface area contributed by atoms with Crippen LogP contribution in [0.25, 0.3) is 11.5 Å². The second kappa shape index (κ2) is 5.81. The number of aromatic nitrogens is 2. The highest BCUT2D eigenvalue weighted by Crippen LogP contribution is 2.31. The summed E-state index contributed by atoms with van der Waals surface area (Å²) in [7, 11) is 0. The molecule has 100 valence electrons. The molecule has 0 bridgehead atoms. The van der Waals surface area contributed by atoms with Crippen LogP contribution in [0.15, 0.2) is 27.8 Å². The SMILES string of the molecule is C[C@@H](Sc1nnc(-c2ccc(Cl)cc2Cl)o1)C(=O)[O-]. The number of hydrogen-bond acceptors (Lipinski definition) is 6. The fourth-order valence-electron chi connectivity index (χ4n) is 1.23. The highest BCUT2D eigenvalue weighted by Gasteiger charge is 2.15. The summed E-state index contributed by atoms with van der Waals surface area (Å²) in [5.74, 6) is -0.996. The summed E-state index contributed by atoms with van der Waals surface area (Å²) in [6.45, 7) is 1.47. The van der Waals surface area contributed by atoms with Crippen LogP contribution in [0.2, 0.25) is 10.0 Å². The maximum absolute atomic E-state index is 10.6. The Labute approximate surface area is 122 Å². The average molecular weight is 318 g/mol. The molecule has 0 radical (unpaired) electrons. The van der Waals surface area contributed by atoms with E-state index in [1.165, 1.54) is 6.92 Å². The van der Waals surface area contributed by atoms with Gasteiger partial charge < -0.3 is 14.3 Å². The van der Waals surface area contributed by atoms with Crippen LogP contribution in [-0.4, -0.2) is 21.4 Å². The molecule has 0 fully saturated rings. The molecule has 1 aromatic heterocycles. The molecule has 1 aromatic carbocycles. The number of hydrogen-bond donors (Lipinski definition) is 0. The Balaban J connectivity index is 2.23. The Hall–Kier alpha value is -1.24. The van der Waals surface area contributed by atoms with Gasteiger partial charge in [-0.3, -0.25) is 0 Å². The van der Waals surface area contributed by atoms with Crippen LogP contribution in [0, 0.1) is 0 Å². The standard InChI is InChI=1S/C11H8Cl2N2O3S/c1-5(10(16)17)19-11-15-14-9(18-11)7-3-2-6(12)4-8(7)13/h2-5H,1H3,(H,16,17)/p-1/t5-/m1/s1. The van der Waals surface area contributed by atoms with E-state index in [4.69, 9.17) is 27.6 Å². The van der Waals surface area contributed by atoms with Crippen molar-refractivity contribution in [2.75, 3.05) is 0 Å². The number of halogens is 2. The van der Waals surface area contributed by atoms with Crippen LogP contribution in [-0.2, 0) is 4.79 Å². The van der Waals surface area contributed by atoms with E-state index in [2.05, 4.69) is 10.2 Å². The third-order valence-electron chi connectivity index (χ3n) is 2.18. The van der Waals surface area contributed by atoms with Crippen molar-refractivity contribution < 1.29 is 14.3 Å². The largest absolute Gasteiger partial charge is 0.549 e. The number of rotatable bonds is 4. The summed E-state index contributed by atoms with van der Waals surface area (Å²) in [6, 6.07) is 4.84.